The Morgan fingerprint density at radius 2 is 2.21 bits per heavy atom. The van der Waals surface area contributed by atoms with Crippen LogP contribution < -0.4 is 11.3 Å². The zero-order valence-corrected chi connectivity index (χ0v) is 12.0. The molecular weight excluding hydrogens is 246 g/mol. The molecule has 2 fully saturated rings. The number of nitrogens with zero attached hydrogens (tertiary/aromatic N) is 1. The second-order valence-corrected chi connectivity index (χ2v) is 6.21. The molecule has 0 aromatic rings. The number of hydrogen-bond donors (Lipinski definition) is 2. The van der Waals surface area contributed by atoms with E-state index in [9.17, 15) is 4.79 Å². The van der Waals surface area contributed by atoms with E-state index in [-0.39, 0.29) is 29.8 Å². The van der Waals surface area contributed by atoms with E-state index in [1.165, 1.54) is 0 Å². The van der Waals surface area contributed by atoms with Crippen LogP contribution in [0.25, 0.3) is 0 Å². The van der Waals surface area contributed by atoms with Crippen LogP contribution in [0.4, 0.5) is 0 Å². The highest BCUT2D eigenvalue weighted by atomic mass is 16.5. The van der Waals surface area contributed by atoms with Gasteiger partial charge in [0.1, 0.15) is 6.10 Å². The summed E-state index contributed by atoms with van der Waals surface area (Å²) in [6.45, 7) is 8.97. The quantitative estimate of drug-likeness (QED) is 0.430. The summed E-state index contributed by atoms with van der Waals surface area (Å²) >= 11 is 0. The van der Waals surface area contributed by atoms with Gasteiger partial charge in [-0.3, -0.25) is 15.1 Å². The number of amides is 1. The second-order valence-electron chi connectivity index (χ2n) is 6.21. The first-order valence-corrected chi connectivity index (χ1v) is 6.96. The molecule has 2 rings (SSSR count). The first-order chi connectivity index (χ1) is 8.89. The Labute approximate surface area is 114 Å². The van der Waals surface area contributed by atoms with Crippen LogP contribution in [-0.2, 0) is 14.3 Å². The molecule has 0 radical (unpaired) electrons. The summed E-state index contributed by atoms with van der Waals surface area (Å²) in [5.41, 5.74) is 2.03. The standard InChI is InChI=1S/C13H25N3O3/c1-9-6-16(8-13(2,3)19-9)7-10-4-5-11(18-10)12(17)15-14/h9-11H,4-8,14H2,1-3H3,(H,15,17). The van der Waals surface area contributed by atoms with Crippen molar-refractivity contribution >= 4 is 5.91 Å². The minimum Gasteiger partial charge on any atom is -0.370 e. The summed E-state index contributed by atoms with van der Waals surface area (Å²) in [4.78, 5) is 13.8. The van der Waals surface area contributed by atoms with E-state index in [0.717, 1.165) is 32.5 Å². The van der Waals surface area contributed by atoms with E-state index in [1.807, 2.05) is 0 Å². The molecule has 0 saturated carbocycles. The van der Waals surface area contributed by atoms with Gasteiger partial charge >= 0.3 is 0 Å². The van der Waals surface area contributed by atoms with Crippen molar-refractivity contribution in [2.75, 3.05) is 19.6 Å². The van der Waals surface area contributed by atoms with Gasteiger partial charge in [-0.25, -0.2) is 5.84 Å². The van der Waals surface area contributed by atoms with E-state index in [1.54, 1.807) is 0 Å². The predicted molar refractivity (Wildman–Crippen MR) is 71.3 cm³/mol. The van der Waals surface area contributed by atoms with Crippen molar-refractivity contribution < 1.29 is 14.3 Å². The number of morpholine rings is 1. The predicted octanol–water partition coefficient (Wildman–Crippen LogP) is 0.0232. The maximum atomic E-state index is 11.4. The van der Waals surface area contributed by atoms with E-state index >= 15 is 0 Å². The van der Waals surface area contributed by atoms with Crippen molar-refractivity contribution in [1.82, 2.24) is 10.3 Å². The van der Waals surface area contributed by atoms with Gasteiger partial charge in [0, 0.05) is 19.6 Å². The Kier molecular flexibility index (Phi) is 4.45. The molecule has 110 valence electrons. The molecule has 2 aliphatic rings. The zero-order chi connectivity index (χ0) is 14.0. The Morgan fingerprint density at radius 3 is 2.84 bits per heavy atom. The smallest absolute Gasteiger partial charge is 0.263 e. The molecule has 0 aliphatic carbocycles. The number of ether oxygens (including phenoxy) is 2. The topological polar surface area (TPSA) is 76.8 Å². The van der Waals surface area contributed by atoms with Crippen molar-refractivity contribution in [2.24, 2.45) is 5.84 Å². The molecule has 2 aliphatic heterocycles. The molecule has 6 heteroatoms. The Hall–Kier alpha value is -0.690. The Morgan fingerprint density at radius 1 is 1.47 bits per heavy atom. The number of nitrogens with one attached hydrogen (secondary N) is 1. The van der Waals surface area contributed by atoms with Gasteiger partial charge < -0.3 is 9.47 Å². The fraction of sp³-hybridized carbons (Fsp3) is 0.923. The largest absolute Gasteiger partial charge is 0.370 e. The van der Waals surface area contributed by atoms with Crippen molar-refractivity contribution in [3.05, 3.63) is 0 Å². The molecule has 0 aromatic carbocycles. The lowest BCUT2D eigenvalue weighted by Gasteiger charge is -2.42. The summed E-state index contributed by atoms with van der Waals surface area (Å²) in [6, 6.07) is 0. The molecule has 2 heterocycles. The van der Waals surface area contributed by atoms with Crippen LogP contribution in [-0.4, -0.2) is 54.4 Å². The third-order valence-corrected chi connectivity index (χ3v) is 3.64. The third-order valence-electron chi connectivity index (χ3n) is 3.64. The number of rotatable bonds is 3. The van der Waals surface area contributed by atoms with Crippen molar-refractivity contribution in [1.29, 1.82) is 0 Å². The number of carbonyl (C=O) groups excluding carboxylic acids is 1. The van der Waals surface area contributed by atoms with Crippen LogP contribution in [0.15, 0.2) is 0 Å². The fourth-order valence-corrected chi connectivity index (χ4v) is 3.14. The van der Waals surface area contributed by atoms with E-state index in [0.29, 0.717) is 0 Å². The molecule has 19 heavy (non-hydrogen) atoms. The highest BCUT2D eigenvalue weighted by Gasteiger charge is 2.35. The van der Waals surface area contributed by atoms with Crippen LogP contribution in [0.1, 0.15) is 33.6 Å². The van der Waals surface area contributed by atoms with Gasteiger partial charge in [0.25, 0.3) is 5.91 Å². The van der Waals surface area contributed by atoms with E-state index < -0.39 is 0 Å². The van der Waals surface area contributed by atoms with Crippen LogP contribution in [0.5, 0.6) is 0 Å². The molecule has 6 nitrogen and oxygen atoms in total. The summed E-state index contributed by atoms with van der Waals surface area (Å²) in [5.74, 6) is 4.90. The molecule has 1 amide bonds. The van der Waals surface area contributed by atoms with Crippen LogP contribution >= 0.6 is 0 Å². The fourth-order valence-electron chi connectivity index (χ4n) is 3.14. The zero-order valence-electron chi connectivity index (χ0n) is 12.0. The van der Waals surface area contributed by atoms with Gasteiger partial charge in [-0.1, -0.05) is 0 Å². The third kappa shape index (κ3) is 3.89. The molecule has 3 atom stereocenters. The lowest BCUT2D eigenvalue weighted by atomic mass is 10.0. The van der Waals surface area contributed by atoms with Crippen molar-refractivity contribution in [3.8, 4) is 0 Å². The molecule has 2 saturated heterocycles. The normalized spacial score (nSPS) is 35.3. The summed E-state index contributed by atoms with van der Waals surface area (Å²) in [6.07, 6.45) is 1.61. The number of nitrogens with two attached hydrogens (primary N) is 1. The van der Waals surface area contributed by atoms with Gasteiger partial charge in [-0.2, -0.15) is 0 Å². The van der Waals surface area contributed by atoms with Gasteiger partial charge in [0.15, 0.2) is 0 Å². The first-order valence-electron chi connectivity index (χ1n) is 6.96. The Bertz CT molecular complexity index is 335. The molecule has 0 bridgehead atoms. The summed E-state index contributed by atoms with van der Waals surface area (Å²) < 4.78 is 11.6. The van der Waals surface area contributed by atoms with Gasteiger partial charge in [-0.05, 0) is 33.6 Å². The monoisotopic (exact) mass is 271 g/mol. The summed E-state index contributed by atoms with van der Waals surface area (Å²) in [7, 11) is 0. The van der Waals surface area contributed by atoms with Gasteiger partial charge in [0.05, 0.1) is 17.8 Å². The second kappa shape index (κ2) is 5.75. The molecule has 0 spiro atoms. The maximum Gasteiger partial charge on any atom is 0.263 e. The minimum atomic E-state index is -0.388. The average Bonchev–Trinajstić information content (AvgIpc) is 2.73. The highest BCUT2D eigenvalue weighted by molar-refractivity contribution is 5.80. The van der Waals surface area contributed by atoms with Crippen LogP contribution in [0, 0.1) is 0 Å². The number of hydrogen-bond acceptors (Lipinski definition) is 5. The lowest BCUT2D eigenvalue weighted by molar-refractivity contribution is -0.141. The molecular formula is C13H25N3O3. The maximum absolute atomic E-state index is 11.4. The van der Waals surface area contributed by atoms with Crippen molar-refractivity contribution in [2.45, 2.75) is 57.5 Å². The lowest BCUT2D eigenvalue weighted by Crippen LogP contribution is -2.53. The van der Waals surface area contributed by atoms with Crippen molar-refractivity contribution in [3.63, 3.8) is 0 Å². The van der Waals surface area contributed by atoms with Gasteiger partial charge in [0.2, 0.25) is 0 Å². The summed E-state index contributed by atoms with van der Waals surface area (Å²) in [5, 5.41) is 0. The van der Waals surface area contributed by atoms with Crippen LogP contribution in [0.3, 0.4) is 0 Å². The number of carbonyl (C=O) groups is 1. The minimum absolute atomic E-state index is 0.114. The van der Waals surface area contributed by atoms with E-state index in [4.69, 9.17) is 15.3 Å². The van der Waals surface area contributed by atoms with E-state index in [2.05, 4.69) is 31.1 Å². The Balaban J connectivity index is 1.83. The number of hydrazine groups is 1. The SMILES string of the molecule is CC1CN(CC2CCC(C(=O)NN)O2)CC(C)(C)O1. The molecule has 0 aromatic heterocycles. The first kappa shape index (κ1) is 14.7. The molecule has 3 N–H and O–H groups in total. The highest BCUT2D eigenvalue weighted by Crippen LogP contribution is 2.25. The van der Waals surface area contributed by atoms with Gasteiger partial charge in [-0.15, -0.1) is 0 Å². The van der Waals surface area contributed by atoms with Crippen LogP contribution in [0.2, 0.25) is 0 Å². The average molecular weight is 271 g/mol. The molecule has 3 unspecified atom stereocenters.